The molecule has 1 aromatic heterocycles. The lowest BCUT2D eigenvalue weighted by molar-refractivity contribution is -0.143. The molecule has 55 nitrogen and oxygen atoms in total. The number of carbonyl (C=O) groups is 21. The van der Waals surface area contributed by atoms with Gasteiger partial charge < -0.3 is 165 Å². The Hall–Kier alpha value is -16.2. The van der Waals surface area contributed by atoms with Gasteiger partial charge in [0.25, 0.3) is 0 Å². The Balaban J connectivity index is 1.24. The van der Waals surface area contributed by atoms with Crippen molar-refractivity contribution in [1.29, 1.82) is 10.8 Å². The van der Waals surface area contributed by atoms with E-state index < -0.39 is 291 Å². The molecule has 0 bridgehead atoms. The first-order chi connectivity index (χ1) is 67.9. The molecule has 144 heavy (non-hydrogen) atoms. The Labute approximate surface area is 825 Å². The number of primary amides is 2. The van der Waals surface area contributed by atoms with Gasteiger partial charge in [-0.1, -0.05) is 68.4 Å². The van der Waals surface area contributed by atoms with E-state index in [2.05, 4.69) is 106 Å². The first-order valence-electron chi connectivity index (χ1n) is 45.8. The van der Waals surface area contributed by atoms with Crippen LogP contribution in [-0.4, -0.2) is 324 Å². The first-order valence-corrected chi connectivity index (χ1v) is 45.8. The van der Waals surface area contributed by atoms with Gasteiger partial charge in [-0.3, -0.25) is 107 Å². The zero-order chi connectivity index (χ0) is 107. The van der Waals surface area contributed by atoms with Crippen molar-refractivity contribution in [2.24, 2.45) is 34.6 Å². The van der Waals surface area contributed by atoms with E-state index in [1.165, 1.54) is 68.0 Å². The van der Waals surface area contributed by atoms with Crippen LogP contribution < -0.4 is 124 Å². The van der Waals surface area contributed by atoms with Gasteiger partial charge in [-0.15, -0.1) is 0 Å². The average molecular weight is 2020 g/mol. The maximum atomic E-state index is 14.7. The number of phenols is 2. The molecule has 2 heterocycles. The van der Waals surface area contributed by atoms with Gasteiger partial charge in [-0.2, -0.15) is 0 Å². The molecule has 788 valence electrons. The summed E-state index contributed by atoms with van der Waals surface area (Å²) < 4.78 is 0. The van der Waals surface area contributed by atoms with Crippen molar-refractivity contribution < 1.29 is 131 Å². The number of imidazole rings is 1. The largest absolute Gasteiger partial charge is 0.508 e. The second kappa shape index (κ2) is 59.4. The van der Waals surface area contributed by atoms with Crippen LogP contribution in [0.15, 0.2) is 91.4 Å². The lowest BCUT2D eigenvalue weighted by atomic mass is 10.00. The maximum absolute atomic E-state index is 14.7. The summed E-state index contributed by atoms with van der Waals surface area (Å²) >= 11 is 0. The van der Waals surface area contributed by atoms with Gasteiger partial charge in [0.2, 0.25) is 112 Å². The third-order valence-corrected chi connectivity index (χ3v) is 22.0. The van der Waals surface area contributed by atoms with E-state index in [0.29, 0.717) is 17.5 Å². The number of aromatic hydroxyl groups is 2. The van der Waals surface area contributed by atoms with Gasteiger partial charge >= 0.3 is 11.9 Å². The molecule has 3 aromatic carbocycles. The number of hydrogen-bond acceptors (Lipinski definition) is 29. The van der Waals surface area contributed by atoms with E-state index in [0.717, 1.165) is 25.7 Å². The minimum Gasteiger partial charge on any atom is -0.508 e. The number of phenolic OH excluding ortho intramolecular Hbond substituents is 2. The number of amides is 19. The van der Waals surface area contributed by atoms with Crippen LogP contribution in [0.4, 0.5) is 0 Å². The minimum absolute atomic E-state index is 0.00567. The van der Waals surface area contributed by atoms with E-state index in [4.69, 9.17) is 39.5 Å². The highest BCUT2D eigenvalue weighted by atomic mass is 16.4. The summed E-state index contributed by atoms with van der Waals surface area (Å²) in [5, 5.41) is 119. The summed E-state index contributed by atoms with van der Waals surface area (Å²) in [6.45, 7) is 5.29. The quantitative estimate of drug-likeness (QED) is 0.0111. The number of aliphatic hydroxyl groups excluding tert-OH is 2. The molecule has 1 saturated heterocycles. The fourth-order valence-corrected chi connectivity index (χ4v) is 14.4. The Morgan fingerprint density at radius 2 is 0.854 bits per heavy atom. The van der Waals surface area contributed by atoms with Crippen molar-refractivity contribution in [3.05, 3.63) is 114 Å². The summed E-state index contributed by atoms with van der Waals surface area (Å²) in [5.41, 5.74) is 28.7. The van der Waals surface area contributed by atoms with Crippen molar-refractivity contribution in [1.82, 2.24) is 111 Å². The lowest BCUT2D eigenvalue weighted by Crippen LogP contribution is -2.61. The van der Waals surface area contributed by atoms with Gasteiger partial charge in [0, 0.05) is 63.6 Å². The molecule has 1 aliphatic rings. The van der Waals surface area contributed by atoms with E-state index in [1.807, 2.05) is 0 Å². The third kappa shape index (κ3) is 42.0. The van der Waals surface area contributed by atoms with E-state index in [9.17, 15) is 131 Å². The number of hydrogen-bond donors (Lipinski definition) is 32. The highest BCUT2D eigenvalue weighted by Crippen LogP contribution is 2.22. The Morgan fingerprint density at radius 3 is 1.33 bits per heavy atom. The lowest BCUT2D eigenvalue weighted by Gasteiger charge is -2.30. The summed E-state index contributed by atoms with van der Waals surface area (Å²) in [6, 6.07) is -7.02. The topological polar surface area (TPSA) is 906 Å². The number of aromatic amines is 1. The number of likely N-dealkylation sites (tertiary alicyclic amines) is 1. The van der Waals surface area contributed by atoms with Gasteiger partial charge in [0.05, 0.1) is 51.0 Å². The van der Waals surface area contributed by atoms with E-state index in [-0.39, 0.29) is 106 Å². The van der Waals surface area contributed by atoms with Gasteiger partial charge in [-0.25, -0.2) is 9.78 Å². The minimum atomic E-state index is -1.96. The summed E-state index contributed by atoms with van der Waals surface area (Å²) in [4.78, 5) is 294. The van der Waals surface area contributed by atoms with E-state index in [1.54, 1.807) is 44.2 Å². The van der Waals surface area contributed by atoms with Crippen molar-refractivity contribution in [2.45, 2.75) is 241 Å². The molecule has 0 unspecified atom stereocenters. The summed E-state index contributed by atoms with van der Waals surface area (Å²) in [7, 11) is 0. The average Bonchev–Trinajstić information content (AvgIpc) is 1.65. The molecule has 0 spiro atoms. The highest BCUT2D eigenvalue weighted by molar-refractivity contribution is 6.02. The van der Waals surface area contributed by atoms with Crippen molar-refractivity contribution in [3.8, 4) is 11.5 Å². The SMILES string of the molecule is CC(C)C[C@H](NC(=O)[C@H](Cc1ccccc1)NC(=O)[C@@H]1CCCN1C(=O)[C@H](CO)NC(=O)[C@H](C)NC(=O)[C@@H](N)CCCNC(=N)N)C(=O)N[C@@H](CCC(=O)O)C(=O)N[C@@H](C)C(=O)N[C@@H](Cc1cnc[nH]1)C(=O)NCC(=O)N[C@@H](CCCNC(=N)N)C(=O)NCC(=O)N[C@H](C(=O)N[C@@H](C)C(=O)N[C@@H](CC(N)=O)C(=O)N[C@@H](Cc1ccc(O)cc1)C(=O)N[C@@H](Cc1ccc(O)cc1)C(=O)N[C@@H](CC(N)=O)C(=O)O)[C@@H](C)O. The van der Waals surface area contributed by atoms with Crippen LogP contribution in [0, 0.1) is 16.7 Å². The summed E-state index contributed by atoms with van der Waals surface area (Å²) in [5.74, 6) is -24.8. The molecule has 0 aliphatic carbocycles. The number of aromatic nitrogens is 2. The monoisotopic (exact) mass is 2020 g/mol. The molecule has 4 aromatic rings. The number of guanidine groups is 2. The smallest absolute Gasteiger partial charge is 0.326 e. The fourth-order valence-electron chi connectivity index (χ4n) is 14.4. The van der Waals surface area contributed by atoms with Crippen LogP contribution in [0.1, 0.15) is 135 Å². The molecule has 55 heteroatoms. The molecular formula is C89H130N28O27. The Bertz CT molecular complexity index is 5150. The van der Waals surface area contributed by atoms with Crippen LogP contribution in [0.5, 0.6) is 11.5 Å². The predicted octanol–water partition coefficient (Wildman–Crippen LogP) is -10.9. The standard InChI is InChI=1S/C89H130N28O27/c1-43(2)31-57(110-81(137)60(32-48-13-8-7-9-14-48)113-84(140)65-17-12-30-117(65)86(142)64(41-118)115-74(130)44(3)103-75(131)54(90)15-10-28-98-88(93)94)79(135)107-56(26-27-70(126)127)78(134)104-45(4)72(128)108-61(35-51-38-97-42-102-51)77(133)101-39-68(124)106-55(16-11-29-99-89(95)96)76(132)100-40-69(125)116-71(47(6)119)85(141)105-46(5)73(129)109-62(36-66(91)122)83(139)112-58(33-49-18-22-52(120)23-19-49)80(136)111-59(34-50-20-24-53(121)25-21-50)82(138)114-63(87(143)144)37-67(92)123/h7-9,13-14,18-25,38,42-47,54-65,71,118-121H,10-12,15-17,26-37,39-41,90H2,1-6H3,(H2,91,122)(H2,92,123)(H,97,102)(H,100,132)(H,101,133)(H,103,131)(H,104,134)(H,105,141)(H,106,124)(H,107,135)(H,108,128)(H,109,129)(H,110,137)(H,111,136)(H,112,139)(H,113,140)(H,114,138)(H,115,130)(H,116,125)(H,126,127)(H,143,144)(H4,93,94,98)(H4,95,96,99)/t44-,45-,46-,47+,54-,55-,56-,57-,58-,59-,60-,61-,62-,63-,64-,65-,71-/m0/s1. The zero-order valence-corrected chi connectivity index (χ0v) is 79.9. The zero-order valence-electron chi connectivity index (χ0n) is 79.9. The number of benzene rings is 3. The van der Waals surface area contributed by atoms with Gasteiger partial charge in [-0.05, 0) is 126 Å². The molecule has 1 aliphatic heterocycles. The van der Waals surface area contributed by atoms with Crippen LogP contribution in [0.25, 0.3) is 0 Å². The Morgan fingerprint density at radius 1 is 0.444 bits per heavy atom. The molecular weight excluding hydrogens is 1890 g/mol. The number of aliphatic hydroxyl groups is 2. The number of H-pyrrole nitrogens is 1. The molecule has 0 radical (unpaired) electrons. The first kappa shape index (κ1) is 118. The van der Waals surface area contributed by atoms with Crippen molar-refractivity contribution >= 4 is 136 Å². The van der Waals surface area contributed by atoms with Gasteiger partial charge in [0.1, 0.15) is 102 Å². The number of nitrogens with two attached hydrogens (primary N) is 5. The highest BCUT2D eigenvalue weighted by Gasteiger charge is 2.42. The van der Waals surface area contributed by atoms with Crippen molar-refractivity contribution in [2.75, 3.05) is 39.3 Å². The Kier molecular flexibility index (Phi) is 48.8. The maximum Gasteiger partial charge on any atom is 0.326 e. The van der Waals surface area contributed by atoms with E-state index >= 15 is 0 Å². The van der Waals surface area contributed by atoms with Crippen LogP contribution in [0.3, 0.4) is 0 Å². The second-order valence-electron chi connectivity index (χ2n) is 34.5. The number of aliphatic carboxylic acids is 2. The third-order valence-electron chi connectivity index (χ3n) is 22.0. The van der Waals surface area contributed by atoms with Crippen LogP contribution >= 0.6 is 0 Å². The fraction of sp³-hybridized carbons (Fsp3) is 0.506. The van der Waals surface area contributed by atoms with Crippen molar-refractivity contribution in [3.63, 3.8) is 0 Å². The number of carboxylic acids is 2. The molecule has 5 rings (SSSR count). The van der Waals surface area contributed by atoms with Crippen LogP contribution in [0.2, 0.25) is 0 Å². The number of carboxylic acid groups (broad SMARTS) is 2. The number of rotatable bonds is 61. The summed E-state index contributed by atoms with van der Waals surface area (Å²) in [6.07, 6.45) is -3.41. The predicted molar refractivity (Wildman–Crippen MR) is 507 cm³/mol. The van der Waals surface area contributed by atoms with Crippen LogP contribution in [-0.2, 0) is 126 Å². The van der Waals surface area contributed by atoms with Gasteiger partial charge in [0.15, 0.2) is 11.9 Å². The molecule has 19 amide bonds. The molecule has 0 saturated carbocycles. The number of nitrogens with zero attached hydrogens (tertiary/aromatic N) is 2. The normalized spacial score (nSPS) is 15.4. The number of carbonyl (C=O) groups excluding carboxylic acids is 19. The molecule has 1 fully saturated rings. The second-order valence-corrected chi connectivity index (χ2v) is 34.5. The number of nitrogens with one attached hydrogen (secondary N) is 21. The molecule has 37 N–H and O–H groups in total. The molecule has 17 atom stereocenters.